The first-order chi connectivity index (χ1) is 13.1. The molecular weight excluding hydrogens is 362 g/mol. The second-order valence-corrected chi connectivity index (χ2v) is 6.36. The van der Waals surface area contributed by atoms with Crippen molar-refractivity contribution in [2.75, 3.05) is 5.32 Å². The third-order valence-electron chi connectivity index (χ3n) is 3.88. The van der Waals surface area contributed by atoms with Crippen molar-refractivity contribution in [3.8, 4) is 11.5 Å². The van der Waals surface area contributed by atoms with Gasteiger partial charge >= 0.3 is 0 Å². The molecule has 7 heteroatoms. The van der Waals surface area contributed by atoms with Crippen LogP contribution < -0.4 is 10.6 Å². The van der Waals surface area contributed by atoms with Gasteiger partial charge < -0.3 is 14.2 Å². The zero-order valence-electron chi connectivity index (χ0n) is 14.4. The molecule has 0 saturated carbocycles. The monoisotopic (exact) mass is 377 g/mol. The second-order valence-electron chi connectivity index (χ2n) is 5.96. The van der Waals surface area contributed by atoms with Crippen LogP contribution in [0.1, 0.15) is 16.1 Å². The van der Waals surface area contributed by atoms with E-state index in [-0.39, 0.29) is 10.9 Å². The summed E-state index contributed by atoms with van der Waals surface area (Å²) in [5.74, 6) is 0.329. The number of rotatable bonds is 3. The lowest BCUT2D eigenvalue weighted by Gasteiger charge is -2.08. The molecule has 2 heterocycles. The molecule has 0 spiro atoms. The minimum absolute atomic E-state index is 0.165. The van der Waals surface area contributed by atoms with Crippen LogP contribution in [-0.2, 0) is 0 Å². The van der Waals surface area contributed by atoms with Gasteiger partial charge in [-0.3, -0.25) is 10.1 Å². The molecule has 0 aliphatic carbocycles. The molecule has 2 aromatic carbocycles. The van der Waals surface area contributed by atoms with Gasteiger partial charge in [-0.25, -0.2) is 4.98 Å². The van der Waals surface area contributed by atoms with Crippen LogP contribution in [0.5, 0.6) is 0 Å². The van der Waals surface area contributed by atoms with Gasteiger partial charge in [0.25, 0.3) is 5.91 Å². The van der Waals surface area contributed by atoms with Crippen LogP contribution in [0.15, 0.2) is 69.7 Å². The molecule has 4 aromatic rings. The molecule has 0 bridgehead atoms. The summed E-state index contributed by atoms with van der Waals surface area (Å²) in [5.41, 5.74) is 4.10. The van der Waals surface area contributed by atoms with Crippen LogP contribution in [-0.4, -0.2) is 16.0 Å². The highest BCUT2D eigenvalue weighted by molar-refractivity contribution is 7.80. The van der Waals surface area contributed by atoms with Crippen molar-refractivity contribution in [3.63, 3.8) is 0 Å². The maximum atomic E-state index is 11.9. The van der Waals surface area contributed by atoms with E-state index in [4.69, 9.17) is 21.1 Å². The zero-order valence-corrected chi connectivity index (χ0v) is 15.2. The number of hydrogen-bond donors (Lipinski definition) is 2. The van der Waals surface area contributed by atoms with Crippen molar-refractivity contribution in [1.29, 1.82) is 0 Å². The highest BCUT2D eigenvalue weighted by Gasteiger charge is 2.12. The summed E-state index contributed by atoms with van der Waals surface area (Å²) in [4.78, 5) is 16.5. The van der Waals surface area contributed by atoms with E-state index in [1.807, 2.05) is 37.3 Å². The molecule has 27 heavy (non-hydrogen) atoms. The van der Waals surface area contributed by atoms with Crippen LogP contribution in [0.3, 0.4) is 0 Å². The number of thiocarbonyl (C=S) groups is 1. The third-order valence-corrected chi connectivity index (χ3v) is 4.09. The summed E-state index contributed by atoms with van der Waals surface area (Å²) in [5, 5.41) is 5.69. The molecule has 1 amide bonds. The molecule has 134 valence electrons. The van der Waals surface area contributed by atoms with Gasteiger partial charge in [-0.2, -0.15) is 0 Å². The molecule has 2 N–H and O–H groups in total. The summed E-state index contributed by atoms with van der Waals surface area (Å²) in [7, 11) is 0. The number of aryl methyl sites for hydroxylation is 1. The average Bonchev–Trinajstić information content (AvgIpc) is 3.31. The van der Waals surface area contributed by atoms with Gasteiger partial charge in [0.15, 0.2) is 16.5 Å². The molecule has 0 fully saturated rings. The molecule has 0 saturated heterocycles. The van der Waals surface area contributed by atoms with Crippen LogP contribution in [0.25, 0.3) is 22.6 Å². The van der Waals surface area contributed by atoms with Crippen molar-refractivity contribution >= 4 is 40.0 Å². The quantitative estimate of drug-likeness (QED) is 0.511. The van der Waals surface area contributed by atoms with Crippen LogP contribution in [0, 0.1) is 6.92 Å². The number of hydrogen-bond acceptors (Lipinski definition) is 5. The lowest BCUT2D eigenvalue weighted by Crippen LogP contribution is -2.33. The highest BCUT2D eigenvalue weighted by Crippen LogP contribution is 2.26. The standard InChI is InChI=1S/C20H15N3O3S/c1-12-4-2-5-13(10-12)19-22-15-11-14(7-8-16(15)26-19)21-20(27)23-18(24)17-6-3-9-25-17/h2-11H,1H3,(H2,21,23,24,27). The first kappa shape index (κ1) is 17.0. The number of anilines is 1. The van der Waals surface area contributed by atoms with Crippen LogP contribution in [0.2, 0.25) is 0 Å². The molecule has 4 rings (SSSR count). The Morgan fingerprint density at radius 3 is 2.78 bits per heavy atom. The molecule has 2 aromatic heterocycles. The number of carbonyl (C=O) groups is 1. The summed E-state index contributed by atoms with van der Waals surface area (Å²) in [6.45, 7) is 2.02. The second kappa shape index (κ2) is 7.05. The van der Waals surface area contributed by atoms with Crippen molar-refractivity contribution in [2.24, 2.45) is 0 Å². The third kappa shape index (κ3) is 3.73. The van der Waals surface area contributed by atoms with Gasteiger partial charge in [-0.05, 0) is 61.6 Å². The molecule has 0 aliphatic rings. The van der Waals surface area contributed by atoms with Crippen molar-refractivity contribution in [2.45, 2.75) is 6.92 Å². The number of aromatic nitrogens is 1. The number of carbonyl (C=O) groups excluding carboxylic acids is 1. The number of nitrogens with one attached hydrogen (secondary N) is 2. The predicted octanol–water partition coefficient (Wildman–Crippen LogP) is 4.52. The number of fused-ring (bicyclic) bond motifs is 1. The Labute approximate surface area is 160 Å². The van der Waals surface area contributed by atoms with Crippen molar-refractivity contribution in [1.82, 2.24) is 10.3 Å². The fourth-order valence-corrected chi connectivity index (χ4v) is 2.85. The fraction of sp³-hybridized carbons (Fsp3) is 0.0500. The van der Waals surface area contributed by atoms with E-state index in [9.17, 15) is 4.79 Å². The Kier molecular flexibility index (Phi) is 4.43. The Hall–Kier alpha value is -3.45. The normalized spacial score (nSPS) is 10.7. The fourth-order valence-electron chi connectivity index (χ4n) is 2.64. The Bertz CT molecular complexity index is 1130. The summed E-state index contributed by atoms with van der Waals surface area (Å²) in [6, 6.07) is 16.6. The van der Waals surface area contributed by atoms with Crippen molar-refractivity contribution < 1.29 is 13.6 Å². The van der Waals surface area contributed by atoms with E-state index < -0.39 is 5.91 Å². The van der Waals surface area contributed by atoms with Gasteiger partial charge in [0.05, 0.1) is 6.26 Å². The van der Waals surface area contributed by atoms with Gasteiger partial charge in [0, 0.05) is 11.3 Å². The molecular formula is C20H15N3O3S. The molecule has 0 unspecified atom stereocenters. The van der Waals surface area contributed by atoms with E-state index in [2.05, 4.69) is 15.6 Å². The summed E-state index contributed by atoms with van der Waals surface area (Å²) < 4.78 is 10.9. The van der Waals surface area contributed by atoms with Gasteiger partial charge in [-0.1, -0.05) is 17.7 Å². The Balaban J connectivity index is 1.51. The van der Waals surface area contributed by atoms with Crippen LogP contribution in [0.4, 0.5) is 5.69 Å². The SMILES string of the molecule is Cc1cccc(-c2nc3cc(NC(=S)NC(=O)c4ccco4)ccc3o2)c1. The smallest absolute Gasteiger partial charge is 0.293 e. The number of oxazole rings is 1. The molecule has 0 radical (unpaired) electrons. The largest absolute Gasteiger partial charge is 0.459 e. The summed E-state index contributed by atoms with van der Waals surface area (Å²) in [6.07, 6.45) is 1.43. The topological polar surface area (TPSA) is 80.3 Å². The van der Waals surface area contributed by atoms with Gasteiger partial charge in [-0.15, -0.1) is 0 Å². The molecule has 0 aliphatic heterocycles. The van der Waals surface area contributed by atoms with E-state index >= 15 is 0 Å². The maximum absolute atomic E-state index is 11.9. The Morgan fingerprint density at radius 2 is 2.00 bits per heavy atom. The average molecular weight is 377 g/mol. The van der Waals surface area contributed by atoms with E-state index in [1.165, 1.54) is 6.26 Å². The minimum atomic E-state index is -0.415. The zero-order chi connectivity index (χ0) is 18.8. The number of amides is 1. The van der Waals surface area contributed by atoms with Crippen LogP contribution >= 0.6 is 12.2 Å². The van der Waals surface area contributed by atoms with Crippen molar-refractivity contribution in [3.05, 3.63) is 72.2 Å². The lowest BCUT2D eigenvalue weighted by molar-refractivity contribution is 0.0950. The first-order valence-corrected chi connectivity index (χ1v) is 8.63. The number of furan rings is 1. The Morgan fingerprint density at radius 1 is 1.11 bits per heavy atom. The number of nitrogens with zero attached hydrogens (tertiary/aromatic N) is 1. The maximum Gasteiger partial charge on any atom is 0.293 e. The van der Waals surface area contributed by atoms with Gasteiger partial charge in [0.2, 0.25) is 5.89 Å². The highest BCUT2D eigenvalue weighted by atomic mass is 32.1. The number of benzene rings is 2. The van der Waals surface area contributed by atoms with E-state index in [0.717, 1.165) is 11.1 Å². The van der Waals surface area contributed by atoms with Gasteiger partial charge in [0.1, 0.15) is 5.52 Å². The predicted molar refractivity (Wildman–Crippen MR) is 107 cm³/mol. The first-order valence-electron chi connectivity index (χ1n) is 8.22. The summed E-state index contributed by atoms with van der Waals surface area (Å²) >= 11 is 5.18. The van der Waals surface area contributed by atoms with E-state index in [1.54, 1.807) is 24.3 Å². The lowest BCUT2D eigenvalue weighted by atomic mass is 10.1. The minimum Gasteiger partial charge on any atom is -0.459 e. The van der Waals surface area contributed by atoms with E-state index in [0.29, 0.717) is 22.7 Å². The molecule has 0 atom stereocenters. The molecule has 6 nitrogen and oxygen atoms in total.